The lowest BCUT2D eigenvalue weighted by molar-refractivity contribution is 0.107. The second-order valence-electron chi connectivity index (χ2n) is 4.13. The number of benzene rings is 1. The third kappa shape index (κ3) is 7.48. The first-order valence-electron chi connectivity index (χ1n) is 5.03. The molecule has 0 atom stereocenters. The van der Waals surface area contributed by atoms with Crippen molar-refractivity contribution in [3.63, 3.8) is 0 Å². The summed E-state index contributed by atoms with van der Waals surface area (Å²) in [7, 11) is -1.58. The summed E-state index contributed by atoms with van der Waals surface area (Å²) in [6.45, 7) is 5.75. The van der Waals surface area contributed by atoms with Gasteiger partial charge < -0.3 is 19.7 Å². The van der Waals surface area contributed by atoms with Crippen LogP contribution in [0.25, 0.3) is 0 Å². The quantitative estimate of drug-likeness (QED) is 0.588. The van der Waals surface area contributed by atoms with Crippen LogP contribution in [0.15, 0.2) is 30.3 Å². The maximum absolute atomic E-state index is 9.63. The lowest BCUT2D eigenvalue weighted by Gasteiger charge is -2.22. The minimum absolute atomic E-state index is 0.324. The molecule has 1 rings (SSSR count). The van der Waals surface area contributed by atoms with Crippen LogP contribution >= 0.6 is 0 Å². The van der Waals surface area contributed by atoms with Gasteiger partial charge in [0.05, 0.1) is 0 Å². The van der Waals surface area contributed by atoms with E-state index in [1.165, 1.54) is 0 Å². The standard InChI is InChI=1S/C10H15BO2.BH3O2/c1-10(2,3)13-11(12)9-7-5-4-6-8-9;2-1-3/h4-8,12H,1-3H3;1-3H. The maximum atomic E-state index is 9.63. The molecule has 0 saturated heterocycles. The molecule has 0 fully saturated rings. The molecule has 0 aliphatic heterocycles. The number of hydrogen-bond donors (Lipinski definition) is 3. The largest absolute Gasteiger partial charge is 0.491 e. The van der Waals surface area contributed by atoms with Crippen molar-refractivity contribution < 1.29 is 19.7 Å². The smallest absolute Gasteiger partial charge is 0.430 e. The second kappa shape index (κ2) is 7.46. The average molecular weight is 224 g/mol. The zero-order valence-electron chi connectivity index (χ0n) is 9.92. The summed E-state index contributed by atoms with van der Waals surface area (Å²) >= 11 is 0. The molecule has 0 radical (unpaired) electrons. The molecule has 0 amide bonds. The Labute approximate surface area is 97.3 Å². The molecule has 1 aromatic rings. The molecule has 1 aromatic carbocycles. The Bertz CT molecular complexity index is 274. The van der Waals surface area contributed by atoms with Crippen molar-refractivity contribution in [1.82, 2.24) is 0 Å². The van der Waals surface area contributed by atoms with Gasteiger partial charge in [0.2, 0.25) is 0 Å². The Balaban J connectivity index is 0.000000673. The Morgan fingerprint density at radius 2 is 1.56 bits per heavy atom. The van der Waals surface area contributed by atoms with E-state index in [2.05, 4.69) is 0 Å². The van der Waals surface area contributed by atoms with Crippen molar-refractivity contribution in [1.29, 1.82) is 0 Å². The predicted molar refractivity (Wildman–Crippen MR) is 66.5 cm³/mol. The van der Waals surface area contributed by atoms with E-state index in [9.17, 15) is 5.02 Å². The Morgan fingerprint density at radius 3 is 1.94 bits per heavy atom. The van der Waals surface area contributed by atoms with E-state index >= 15 is 0 Å². The first kappa shape index (κ1) is 15.2. The summed E-state index contributed by atoms with van der Waals surface area (Å²) in [5.74, 6) is 0. The molecule has 88 valence electrons. The fourth-order valence-electron chi connectivity index (χ4n) is 1.02. The van der Waals surface area contributed by atoms with E-state index in [1.54, 1.807) is 0 Å². The topological polar surface area (TPSA) is 69.9 Å². The molecule has 0 aliphatic rings. The summed E-state index contributed by atoms with van der Waals surface area (Å²) in [4.78, 5) is 0. The number of hydrogen-bond acceptors (Lipinski definition) is 4. The zero-order chi connectivity index (χ0) is 12.6. The number of rotatable bonds is 2. The lowest BCUT2D eigenvalue weighted by Crippen LogP contribution is -2.40. The van der Waals surface area contributed by atoms with Crippen LogP contribution in [-0.4, -0.2) is 35.5 Å². The zero-order valence-corrected chi connectivity index (χ0v) is 9.92. The highest BCUT2D eigenvalue weighted by Gasteiger charge is 2.23. The van der Waals surface area contributed by atoms with Crippen LogP contribution in [-0.2, 0) is 4.65 Å². The fraction of sp³-hybridized carbons (Fsp3) is 0.400. The summed E-state index contributed by atoms with van der Waals surface area (Å²) in [6.07, 6.45) is 0. The van der Waals surface area contributed by atoms with Crippen molar-refractivity contribution in [3.05, 3.63) is 30.3 Å². The molecule has 3 N–H and O–H groups in total. The van der Waals surface area contributed by atoms with E-state index in [0.717, 1.165) is 5.46 Å². The molecule has 0 heterocycles. The first-order chi connectivity index (χ1) is 7.40. The Kier molecular flexibility index (Phi) is 7.08. The van der Waals surface area contributed by atoms with Crippen molar-refractivity contribution in [2.45, 2.75) is 26.4 Å². The lowest BCUT2D eigenvalue weighted by atomic mass is 9.79. The van der Waals surface area contributed by atoms with Gasteiger partial charge in [-0.25, -0.2) is 0 Å². The first-order valence-corrected chi connectivity index (χ1v) is 5.03. The van der Waals surface area contributed by atoms with Gasteiger partial charge in [0.25, 0.3) is 0 Å². The van der Waals surface area contributed by atoms with Gasteiger partial charge in [0.1, 0.15) is 0 Å². The van der Waals surface area contributed by atoms with Gasteiger partial charge in [-0.3, -0.25) is 0 Å². The van der Waals surface area contributed by atoms with Crippen LogP contribution in [0.5, 0.6) is 0 Å². The normalized spacial score (nSPS) is 10.1. The van der Waals surface area contributed by atoms with E-state index < -0.39 is 14.8 Å². The van der Waals surface area contributed by atoms with Gasteiger partial charge in [0.15, 0.2) is 0 Å². The molecule has 0 aromatic heterocycles. The minimum Gasteiger partial charge on any atom is -0.430 e. The second-order valence-corrected chi connectivity index (χ2v) is 4.13. The highest BCUT2D eigenvalue weighted by molar-refractivity contribution is 6.60. The molecular formula is C10H18B2O4. The molecule has 0 spiro atoms. The van der Waals surface area contributed by atoms with Gasteiger partial charge in [0, 0.05) is 5.60 Å². The van der Waals surface area contributed by atoms with Crippen LogP contribution in [0.4, 0.5) is 0 Å². The van der Waals surface area contributed by atoms with E-state index in [0.29, 0.717) is 0 Å². The minimum atomic E-state index is -0.832. The van der Waals surface area contributed by atoms with Crippen LogP contribution in [0.1, 0.15) is 20.8 Å². The third-order valence-corrected chi connectivity index (χ3v) is 1.55. The molecule has 0 bridgehead atoms. The summed E-state index contributed by atoms with van der Waals surface area (Å²) < 4.78 is 5.38. The molecule has 6 heteroatoms. The maximum Gasteiger partial charge on any atom is 0.491 e. The third-order valence-electron chi connectivity index (χ3n) is 1.55. The van der Waals surface area contributed by atoms with Crippen molar-refractivity contribution in [2.24, 2.45) is 0 Å². The molecule has 0 saturated carbocycles. The highest BCUT2D eigenvalue weighted by Crippen LogP contribution is 2.07. The van der Waals surface area contributed by atoms with E-state index in [4.69, 9.17) is 14.7 Å². The molecular weight excluding hydrogens is 206 g/mol. The highest BCUT2D eigenvalue weighted by atomic mass is 16.5. The van der Waals surface area contributed by atoms with Crippen LogP contribution < -0.4 is 5.46 Å². The molecule has 16 heavy (non-hydrogen) atoms. The van der Waals surface area contributed by atoms with Gasteiger partial charge >= 0.3 is 14.8 Å². The average Bonchev–Trinajstić information content (AvgIpc) is 2.18. The molecule has 0 aliphatic carbocycles. The SMILES string of the molecule is CC(C)(C)OB(O)c1ccccc1.OBO. The van der Waals surface area contributed by atoms with Crippen LogP contribution in [0.2, 0.25) is 0 Å². The summed E-state index contributed by atoms with van der Waals surface area (Å²) in [5.41, 5.74) is 0.465. The Morgan fingerprint density at radius 1 is 1.12 bits per heavy atom. The van der Waals surface area contributed by atoms with Crippen LogP contribution in [0.3, 0.4) is 0 Å². The molecule has 0 unspecified atom stereocenters. The van der Waals surface area contributed by atoms with E-state index in [1.807, 2.05) is 51.1 Å². The predicted octanol–water partition coefficient (Wildman–Crippen LogP) is -0.573. The van der Waals surface area contributed by atoms with Crippen LogP contribution in [0, 0.1) is 0 Å². The summed E-state index contributed by atoms with van der Waals surface area (Å²) in [5, 5.41) is 23.9. The van der Waals surface area contributed by atoms with Crippen molar-refractivity contribution >= 4 is 20.3 Å². The summed E-state index contributed by atoms with van der Waals surface area (Å²) in [6, 6.07) is 9.36. The van der Waals surface area contributed by atoms with Crippen molar-refractivity contribution in [2.75, 3.05) is 0 Å². The fourth-order valence-corrected chi connectivity index (χ4v) is 1.02. The molecule has 4 nitrogen and oxygen atoms in total. The van der Waals surface area contributed by atoms with Gasteiger partial charge in [-0.05, 0) is 26.2 Å². The van der Waals surface area contributed by atoms with Crippen molar-refractivity contribution in [3.8, 4) is 0 Å². The monoisotopic (exact) mass is 224 g/mol. The van der Waals surface area contributed by atoms with E-state index in [-0.39, 0.29) is 5.60 Å². The van der Waals surface area contributed by atoms with Gasteiger partial charge in [-0.2, -0.15) is 0 Å². The van der Waals surface area contributed by atoms with Gasteiger partial charge in [-0.1, -0.05) is 30.3 Å². The Hall–Kier alpha value is -0.810. The van der Waals surface area contributed by atoms with Gasteiger partial charge in [-0.15, -0.1) is 0 Å².